The van der Waals surface area contributed by atoms with Crippen LogP contribution < -0.4 is 10.1 Å². The number of aromatic amines is 1. The van der Waals surface area contributed by atoms with Crippen LogP contribution in [0.3, 0.4) is 0 Å². The number of aromatic nitrogens is 4. The van der Waals surface area contributed by atoms with Gasteiger partial charge in [-0.05, 0) is 69.8 Å². The van der Waals surface area contributed by atoms with Crippen molar-refractivity contribution >= 4 is 16.8 Å². The van der Waals surface area contributed by atoms with E-state index in [1.165, 1.54) is 27.7 Å². The SMILES string of the molecule is Cc1c(CN2CCC3(CCCn4cc(nn4)COc4ccccc4CNC3=O)CC2)[nH]c2c(C)cccc12. The summed E-state index contributed by atoms with van der Waals surface area (Å²) in [4.78, 5) is 19.9. The highest BCUT2D eigenvalue weighted by Crippen LogP contribution is 2.38. The van der Waals surface area contributed by atoms with E-state index in [-0.39, 0.29) is 11.3 Å². The van der Waals surface area contributed by atoms with Crippen molar-refractivity contribution in [1.82, 2.24) is 30.2 Å². The van der Waals surface area contributed by atoms with Crippen molar-refractivity contribution in [3.8, 4) is 5.75 Å². The van der Waals surface area contributed by atoms with E-state index < -0.39 is 0 Å². The van der Waals surface area contributed by atoms with Gasteiger partial charge in [-0.25, -0.2) is 0 Å². The maximum absolute atomic E-state index is 13.8. The smallest absolute Gasteiger partial charge is 0.226 e. The molecule has 0 saturated carbocycles. The molecule has 1 amide bonds. The quantitative estimate of drug-likeness (QED) is 0.408. The summed E-state index contributed by atoms with van der Waals surface area (Å²) in [7, 11) is 0. The Bertz CT molecular complexity index is 1450. The van der Waals surface area contributed by atoms with Gasteiger partial charge in [0.1, 0.15) is 18.1 Å². The number of H-pyrrole nitrogens is 1. The van der Waals surface area contributed by atoms with Crippen molar-refractivity contribution in [2.24, 2.45) is 5.41 Å². The number of aryl methyl sites for hydroxylation is 3. The number of carbonyl (C=O) groups is 1. The molecule has 6 rings (SSSR count). The molecule has 198 valence electrons. The van der Waals surface area contributed by atoms with Crippen LogP contribution in [0.5, 0.6) is 5.75 Å². The van der Waals surface area contributed by atoms with Gasteiger partial charge in [0.25, 0.3) is 0 Å². The van der Waals surface area contributed by atoms with Crippen molar-refractivity contribution in [3.63, 3.8) is 0 Å². The maximum Gasteiger partial charge on any atom is 0.226 e. The molecule has 4 aromatic rings. The van der Waals surface area contributed by atoms with Gasteiger partial charge in [-0.15, -0.1) is 5.10 Å². The number of rotatable bonds is 2. The number of para-hydroxylation sites is 2. The summed E-state index contributed by atoms with van der Waals surface area (Å²) in [6.07, 6.45) is 5.36. The van der Waals surface area contributed by atoms with Gasteiger partial charge < -0.3 is 15.0 Å². The zero-order chi connectivity index (χ0) is 26.1. The molecule has 0 atom stereocenters. The average molecular weight is 513 g/mol. The molecule has 1 spiro atoms. The largest absolute Gasteiger partial charge is 0.487 e. The van der Waals surface area contributed by atoms with Gasteiger partial charge in [0.05, 0.1) is 11.6 Å². The summed E-state index contributed by atoms with van der Waals surface area (Å²) in [5, 5.41) is 13.1. The summed E-state index contributed by atoms with van der Waals surface area (Å²) < 4.78 is 7.91. The number of nitrogens with one attached hydrogen (secondary N) is 2. The summed E-state index contributed by atoms with van der Waals surface area (Å²) >= 11 is 0. The first-order chi connectivity index (χ1) is 18.5. The van der Waals surface area contributed by atoms with Crippen molar-refractivity contribution in [2.75, 3.05) is 13.1 Å². The van der Waals surface area contributed by atoms with Gasteiger partial charge in [-0.2, -0.15) is 0 Å². The molecule has 8 heteroatoms. The summed E-state index contributed by atoms with van der Waals surface area (Å²) in [5.41, 5.74) is 6.52. The third-order valence-corrected chi connectivity index (χ3v) is 8.50. The van der Waals surface area contributed by atoms with Crippen LogP contribution in [0.1, 0.15) is 53.8 Å². The summed E-state index contributed by atoms with van der Waals surface area (Å²) in [5.74, 6) is 0.924. The molecular weight excluding hydrogens is 476 g/mol. The lowest BCUT2D eigenvalue weighted by Crippen LogP contribution is -2.48. The lowest BCUT2D eigenvalue weighted by atomic mass is 9.73. The van der Waals surface area contributed by atoms with Crippen LogP contribution in [0.15, 0.2) is 48.7 Å². The van der Waals surface area contributed by atoms with Gasteiger partial charge in [-0.1, -0.05) is 41.6 Å². The van der Waals surface area contributed by atoms with Gasteiger partial charge in [0.2, 0.25) is 5.91 Å². The summed E-state index contributed by atoms with van der Waals surface area (Å²) in [6, 6.07) is 14.4. The highest BCUT2D eigenvalue weighted by Gasteiger charge is 2.41. The Labute approximate surface area is 223 Å². The van der Waals surface area contributed by atoms with Crippen molar-refractivity contribution in [3.05, 3.63) is 76.7 Å². The fourth-order valence-corrected chi connectivity index (χ4v) is 6.06. The zero-order valence-electron chi connectivity index (χ0n) is 22.3. The van der Waals surface area contributed by atoms with Crippen LogP contribution in [0.25, 0.3) is 10.9 Å². The number of ether oxygens (including phenoxy) is 1. The number of fused-ring (bicyclic) bond motifs is 4. The van der Waals surface area contributed by atoms with E-state index in [9.17, 15) is 4.79 Å². The molecule has 4 heterocycles. The Morgan fingerprint density at radius 1 is 1.03 bits per heavy atom. The molecule has 0 unspecified atom stereocenters. The molecule has 38 heavy (non-hydrogen) atoms. The number of nitrogens with zero attached hydrogens (tertiary/aromatic N) is 4. The topological polar surface area (TPSA) is 88.1 Å². The van der Waals surface area contributed by atoms with Crippen LogP contribution in [0, 0.1) is 19.3 Å². The third kappa shape index (κ3) is 4.80. The van der Waals surface area contributed by atoms with Gasteiger partial charge in [0, 0.05) is 41.8 Å². The van der Waals surface area contributed by atoms with Crippen LogP contribution in [-0.4, -0.2) is 43.9 Å². The van der Waals surface area contributed by atoms with Gasteiger partial charge >= 0.3 is 0 Å². The van der Waals surface area contributed by atoms with Crippen molar-refractivity contribution in [1.29, 1.82) is 0 Å². The lowest BCUT2D eigenvalue weighted by Gasteiger charge is -2.41. The third-order valence-electron chi connectivity index (χ3n) is 8.50. The fraction of sp³-hybridized carbons (Fsp3) is 0.433. The number of carbonyl (C=O) groups excluding carboxylic acids is 1. The molecule has 8 nitrogen and oxygen atoms in total. The first kappa shape index (κ1) is 24.7. The molecule has 1 saturated heterocycles. The number of hydrogen-bond acceptors (Lipinski definition) is 5. The molecule has 2 aliphatic rings. The molecule has 2 aromatic heterocycles. The van der Waals surface area contributed by atoms with Crippen molar-refractivity contribution < 1.29 is 9.53 Å². The second-order valence-electron chi connectivity index (χ2n) is 10.9. The molecule has 2 bridgehead atoms. The van der Waals surface area contributed by atoms with E-state index in [4.69, 9.17) is 4.74 Å². The Hall–Kier alpha value is -3.65. The van der Waals surface area contributed by atoms with Gasteiger partial charge in [0.15, 0.2) is 0 Å². The number of amides is 1. The van der Waals surface area contributed by atoms with E-state index >= 15 is 0 Å². The predicted octanol–water partition coefficient (Wildman–Crippen LogP) is 4.65. The number of benzene rings is 2. The van der Waals surface area contributed by atoms with E-state index in [2.05, 4.69) is 57.6 Å². The minimum atomic E-state index is -0.383. The Morgan fingerprint density at radius 3 is 2.71 bits per heavy atom. The minimum absolute atomic E-state index is 0.153. The first-order valence-corrected chi connectivity index (χ1v) is 13.7. The Morgan fingerprint density at radius 2 is 1.87 bits per heavy atom. The van der Waals surface area contributed by atoms with Crippen LogP contribution in [0.4, 0.5) is 0 Å². The standard InChI is InChI=1S/C30H36N6O2/c1-21-7-5-9-25-22(2)26(32-28(21)25)19-35-15-12-30(13-16-35)11-6-14-36-18-24(33-34-36)20-38-27-10-4-3-8-23(27)17-31-29(30)37/h3-5,7-10,18,32H,6,11-17,19-20H2,1-2H3,(H,31,37). The van der Waals surface area contributed by atoms with E-state index in [0.29, 0.717) is 13.2 Å². The fourth-order valence-electron chi connectivity index (χ4n) is 6.06. The Kier molecular flexibility index (Phi) is 6.66. The molecule has 1 fully saturated rings. The average Bonchev–Trinajstić information content (AvgIpc) is 3.52. The van der Waals surface area contributed by atoms with Crippen LogP contribution in [-0.2, 0) is 31.0 Å². The Balaban J connectivity index is 1.19. The number of piperidine rings is 1. The molecule has 2 aromatic carbocycles. The maximum atomic E-state index is 13.8. The number of likely N-dealkylation sites (tertiary alicyclic amines) is 1. The van der Waals surface area contributed by atoms with Crippen LogP contribution >= 0.6 is 0 Å². The van der Waals surface area contributed by atoms with Crippen LogP contribution in [0.2, 0.25) is 0 Å². The monoisotopic (exact) mass is 512 g/mol. The van der Waals surface area contributed by atoms with E-state index in [0.717, 1.165) is 68.9 Å². The number of hydrogen-bond donors (Lipinski definition) is 2. The normalized spacial score (nSPS) is 18.5. The molecule has 0 radical (unpaired) electrons. The highest BCUT2D eigenvalue weighted by atomic mass is 16.5. The molecule has 2 aliphatic heterocycles. The summed E-state index contributed by atoms with van der Waals surface area (Å²) in [6.45, 7) is 8.61. The second kappa shape index (κ2) is 10.3. The molecule has 0 aliphatic carbocycles. The van der Waals surface area contributed by atoms with Gasteiger partial charge in [-0.3, -0.25) is 14.4 Å². The molecule has 2 N–H and O–H groups in total. The second-order valence-corrected chi connectivity index (χ2v) is 10.9. The highest BCUT2D eigenvalue weighted by molar-refractivity contribution is 5.87. The zero-order valence-corrected chi connectivity index (χ0v) is 22.3. The first-order valence-electron chi connectivity index (χ1n) is 13.7. The molecular formula is C30H36N6O2. The van der Waals surface area contributed by atoms with E-state index in [1.807, 2.05) is 35.1 Å². The predicted molar refractivity (Wildman–Crippen MR) is 147 cm³/mol. The minimum Gasteiger partial charge on any atom is -0.487 e. The van der Waals surface area contributed by atoms with E-state index in [1.54, 1.807) is 0 Å². The lowest BCUT2D eigenvalue weighted by molar-refractivity contribution is -0.135. The van der Waals surface area contributed by atoms with Crippen molar-refractivity contribution in [2.45, 2.75) is 65.8 Å².